The van der Waals surface area contributed by atoms with Crippen LogP contribution in [0.3, 0.4) is 0 Å². The molecule has 3 aromatic rings. The maximum absolute atomic E-state index is 12.6. The molecule has 0 saturated carbocycles. The average molecular weight is 418 g/mol. The van der Waals surface area contributed by atoms with E-state index in [0.717, 1.165) is 49.5 Å². The highest BCUT2D eigenvalue weighted by Crippen LogP contribution is 2.39. The first-order valence-electron chi connectivity index (χ1n) is 9.99. The molecule has 2 aliphatic rings. The molecule has 10 heteroatoms. The highest BCUT2D eigenvalue weighted by molar-refractivity contribution is 7.19. The van der Waals surface area contributed by atoms with Gasteiger partial charge in [0.15, 0.2) is 5.65 Å². The second kappa shape index (κ2) is 7.28. The molecule has 1 saturated heterocycles. The summed E-state index contributed by atoms with van der Waals surface area (Å²) in [5.41, 5.74) is 1.68. The van der Waals surface area contributed by atoms with E-state index < -0.39 is 0 Å². The molecule has 0 spiro atoms. The van der Waals surface area contributed by atoms with Gasteiger partial charge in [0, 0.05) is 11.3 Å². The van der Waals surface area contributed by atoms with Crippen molar-refractivity contribution in [2.24, 2.45) is 0 Å². The first kappa shape index (κ1) is 18.9. The molecule has 0 bridgehead atoms. The van der Waals surface area contributed by atoms with Crippen molar-refractivity contribution in [1.29, 1.82) is 0 Å². The van der Waals surface area contributed by atoms with E-state index in [0.29, 0.717) is 18.8 Å². The molecule has 0 aliphatic carbocycles. The molecule has 2 aliphatic heterocycles. The molecule has 1 amide bonds. The summed E-state index contributed by atoms with van der Waals surface area (Å²) in [4.78, 5) is 25.3. The Bertz CT molecular complexity index is 1070. The van der Waals surface area contributed by atoms with Crippen LogP contribution in [0.5, 0.6) is 0 Å². The van der Waals surface area contributed by atoms with Gasteiger partial charge in [0.1, 0.15) is 24.2 Å². The van der Waals surface area contributed by atoms with Crippen LogP contribution in [0.25, 0.3) is 15.9 Å². The van der Waals surface area contributed by atoms with Crippen molar-refractivity contribution in [2.75, 3.05) is 39.4 Å². The number of aromatic nitrogens is 4. The Hall–Kier alpha value is -2.14. The highest BCUT2D eigenvalue weighted by Gasteiger charge is 2.31. The van der Waals surface area contributed by atoms with Crippen LogP contribution in [0.4, 0.5) is 0 Å². The lowest BCUT2D eigenvalue weighted by atomic mass is 9.94. The summed E-state index contributed by atoms with van der Waals surface area (Å²) in [6.07, 6.45) is 2.42. The third-order valence-corrected chi connectivity index (χ3v) is 6.69. The fourth-order valence-electron chi connectivity index (χ4n) is 3.98. The Morgan fingerprint density at radius 2 is 2.21 bits per heavy atom. The number of rotatable bonds is 4. The van der Waals surface area contributed by atoms with E-state index in [-0.39, 0.29) is 17.3 Å². The minimum Gasteiger partial charge on any atom is -0.370 e. The number of amides is 1. The smallest absolute Gasteiger partial charge is 0.291 e. The van der Waals surface area contributed by atoms with Gasteiger partial charge in [-0.05, 0) is 19.4 Å². The fraction of sp³-hybridized carbons (Fsp3) is 0.579. The summed E-state index contributed by atoms with van der Waals surface area (Å²) in [5.74, 6) is -0.0650. The summed E-state index contributed by atoms with van der Waals surface area (Å²) in [7, 11) is 0. The topological polar surface area (TPSA) is 95.1 Å². The lowest BCUT2D eigenvalue weighted by molar-refractivity contribution is -0.906. The minimum atomic E-state index is -0.248. The Morgan fingerprint density at radius 3 is 3.03 bits per heavy atom. The number of carbonyl (C=O) groups excluding carboxylic acids is 1. The number of hydrogen-bond acceptors (Lipinski definition) is 7. The van der Waals surface area contributed by atoms with E-state index in [1.807, 2.05) is 0 Å². The second-order valence-electron chi connectivity index (χ2n) is 8.23. The Morgan fingerprint density at radius 1 is 1.38 bits per heavy atom. The number of ether oxygens (including phenoxy) is 2. The number of carbonyl (C=O) groups is 1. The maximum atomic E-state index is 12.6. The first-order chi connectivity index (χ1) is 14.0. The molecule has 29 heavy (non-hydrogen) atoms. The van der Waals surface area contributed by atoms with Gasteiger partial charge in [0.2, 0.25) is 5.82 Å². The van der Waals surface area contributed by atoms with E-state index in [1.54, 1.807) is 22.2 Å². The summed E-state index contributed by atoms with van der Waals surface area (Å²) in [6.45, 7) is 9.77. The summed E-state index contributed by atoms with van der Waals surface area (Å²) in [6, 6.07) is 0. The molecule has 0 unspecified atom stereocenters. The SMILES string of the molecule is CC1(C)Cc2c(sc3ncn4nc(C(=O)NCC[NH+]5CCOCC5)nc4c23)CO1. The van der Waals surface area contributed by atoms with Gasteiger partial charge in [-0.2, -0.15) is 0 Å². The fourth-order valence-corrected chi connectivity index (χ4v) is 5.05. The summed E-state index contributed by atoms with van der Waals surface area (Å²) in [5, 5.41) is 8.31. The molecule has 5 heterocycles. The lowest BCUT2D eigenvalue weighted by Gasteiger charge is -2.30. The van der Waals surface area contributed by atoms with Gasteiger partial charge in [0.05, 0.1) is 43.9 Å². The Balaban J connectivity index is 1.39. The molecule has 1 fully saturated rings. The largest absolute Gasteiger partial charge is 0.370 e. The molecule has 0 radical (unpaired) electrons. The number of quaternary nitrogens is 1. The minimum absolute atomic E-state index is 0.183. The Kier molecular flexibility index (Phi) is 4.73. The van der Waals surface area contributed by atoms with E-state index in [1.165, 1.54) is 15.3 Å². The molecule has 3 aromatic heterocycles. The number of hydrogen-bond donors (Lipinski definition) is 2. The zero-order valence-corrected chi connectivity index (χ0v) is 17.5. The quantitative estimate of drug-likeness (QED) is 0.612. The van der Waals surface area contributed by atoms with Gasteiger partial charge in [-0.15, -0.1) is 16.4 Å². The number of fused-ring (bicyclic) bond motifs is 5. The van der Waals surface area contributed by atoms with Crippen LogP contribution in [0.15, 0.2) is 6.33 Å². The standard InChI is InChI=1S/C19H24N6O3S/c1-19(2)9-12-13(10-28-19)29-18-14(12)16-22-15(23-25(16)11-21-18)17(26)20-3-4-24-5-7-27-8-6-24/h11H,3-10H2,1-2H3,(H,20,26)/p+1. The van der Waals surface area contributed by atoms with Gasteiger partial charge < -0.3 is 19.7 Å². The molecule has 5 rings (SSSR count). The predicted molar refractivity (Wildman–Crippen MR) is 107 cm³/mol. The van der Waals surface area contributed by atoms with Crippen LogP contribution in [0.1, 0.15) is 34.9 Å². The van der Waals surface area contributed by atoms with Crippen molar-refractivity contribution in [2.45, 2.75) is 32.5 Å². The van der Waals surface area contributed by atoms with Crippen LogP contribution in [0.2, 0.25) is 0 Å². The van der Waals surface area contributed by atoms with Gasteiger partial charge in [-0.25, -0.2) is 14.5 Å². The van der Waals surface area contributed by atoms with Crippen molar-refractivity contribution < 1.29 is 19.2 Å². The van der Waals surface area contributed by atoms with Crippen LogP contribution in [-0.2, 0) is 22.5 Å². The van der Waals surface area contributed by atoms with Crippen molar-refractivity contribution >= 4 is 33.1 Å². The molecular weight excluding hydrogens is 392 g/mol. The van der Waals surface area contributed by atoms with Crippen molar-refractivity contribution in [3.63, 3.8) is 0 Å². The van der Waals surface area contributed by atoms with Crippen LogP contribution in [-0.4, -0.2) is 70.5 Å². The van der Waals surface area contributed by atoms with Gasteiger partial charge in [0.25, 0.3) is 5.91 Å². The third-order valence-electron chi connectivity index (χ3n) is 5.57. The first-order valence-corrected chi connectivity index (χ1v) is 10.8. The third kappa shape index (κ3) is 3.61. The number of nitrogens with zero attached hydrogens (tertiary/aromatic N) is 4. The van der Waals surface area contributed by atoms with E-state index in [4.69, 9.17) is 9.47 Å². The van der Waals surface area contributed by atoms with E-state index in [2.05, 4.69) is 34.2 Å². The monoisotopic (exact) mass is 417 g/mol. The molecule has 0 atom stereocenters. The number of thiophene rings is 1. The molecule has 0 aromatic carbocycles. The van der Waals surface area contributed by atoms with Crippen LogP contribution >= 0.6 is 11.3 Å². The molecule has 154 valence electrons. The zero-order valence-electron chi connectivity index (χ0n) is 16.7. The number of morpholine rings is 1. The molecule has 2 N–H and O–H groups in total. The van der Waals surface area contributed by atoms with Gasteiger partial charge >= 0.3 is 0 Å². The number of nitrogens with one attached hydrogen (secondary N) is 2. The van der Waals surface area contributed by atoms with Gasteiger partial charge in [-0.1, -0.05) is 0 Å². The highest BCUT2D eigenvalue weighted by atomic mass is 32.1. The molecule has 9 nitrogen and oxygen atoms in total. The average Bonchev–Trinajstić information content (AvgIpc) is 3.28. The van der Waals surface area contributed by atoms with E-state index >= 15 is 0 Å². The summed E-state index contributed by atoms with van der Waals surface area (Å²) >= 11 is 1.63. The normalized spacial score (nSPS) is 19.5. The van der Waals surface area contributed by atoms with Crippen LogP contribution < -0.4 is 10.2 Å². The zero-order chi connectivity index (χ0) is 20.0. The van der Waals surface area contributed by atoms with Crippen LogP contribution in [0, 0.1) is 0 Å². The summed E-state index contributed by atoms with van der Waals surface area (Å²) < 4.78 is 12.9. The lowest BCUT2D eigenvalue weighted by Crippen LogP contribution is -3.14. The van der Waals surface area contributed by atoms with E-state index in [9.17, 15) is 4.79 Å². The molecular formula is C19H25N6O3S+. The second-order valence-corrected chi connectivity index (χ2v) is 9.31. The van der Waals surface area contributed by atoms with Crippen molar-refractivity contribution in [3.05, 3.63) is 22.6 Å². The maximum Gasteiger partial charge on any atom is 0.291 e. The van der Waals surface area contributed by atoms with Crippen molar-refractivity contribution in [1.82, 2.24) is 24.9 Å². The van der Waals surface area contributed by atoms with Gasteiger partial charge in [-0.3, -0.25) is 4.79 Å². The Labute approximate surface area is 172 Å². The predicted octanol–water partition coefficient (Wildman–Crippen LogP) is -0.165. The van der Waals surface area contributed by atoms with Crippen molar-refractivity contribution in [3.8, 4) is 0 Å².